The number of aromatic nitrogens is 4. The van der Waals surface area contributed by atoms with Crippen molar-refractivity contribution in [3.63, 3.8) is 0 Å². The predicted octanol–water partition coefficient (Wildman–Crippen LogP) is 14.5. The highest BCUT2D eigenvalue weighted by atomic mass is 32.1. The van der Waals surface area contributed by atoms with Crippen LogP contribution in [0, 0.1) is 0 Å². The number of hydrogen-bond donors (Lipinski definition) is 0. The van der Waals surface area contributed by atoms with Crippen LogP contribution < -0.4 is 0 Å². The predicted molar refractivity (Wildman–Crippen MR) is 248 cm³/mol. The maximum Gasteiger partial charge on any atom is 0.167 e. The topological polar surface area (TPSA) is 56.7 Å². The second kappa shape index (κ2) is 12.3. The van der Waals surface area contributed by atoms with Crippen molar-refractivity contribution in [2.75, 3.05) is 0 Å². The Labute approximate surface area is 348 Å². The van der Waals surface area contributed by atoms with Gasteiger partial charge >= 0.3 is 0 Å². The van der Waals surface area contributed by atoms with E-state index in [1.165, 1.54) is 59.5 Å². The van der Waals surface area contributed by atoms with Crippen LogP contribution in [0.3, 0.4) is 0 Å². The molecule has 282 valence electrons. The summed E-state index contributed by atoms with van der Waals surface area (Å²) in [5.74, 6) is 1.82. The van der Waals surface area contributed by atoms with Crippen molar-refractivity contribution < 1.29 is 4.42 Å². The summed E-state index contributed by atoms with van der Waals surface area (Å²) >= 11 is 1.78. The zero-order chi connectivity index (χ0) is 39.7. The number of benzene rings is 8. The van der Waals surface area contributed by atoms with Gasteiger partial charge < -0.3 is 8.98 Å². The molecule has 0 amide bonds. The Morgan fingerprint density at radius 2 is 1.15 bits per heavy atom. The Morgan fingerprint density at radius 3 is 2.03 bits per heavy atom. The van der Waals surface area contributed by atoms with E-state index in [4.69, 9.17) is 19.4 Å². The van der Waals surface area contributed by atoms with Gasteiger partial charge in [0.2, 0.25) is 0 Å². The number of nitrogens with zero attached hydrogens (tertiary/aromatic N) is 4. The molecule has 12 aromatic rings. The molecule has 0 fully saturated rings. The molecule has 5 nitrogen and oxygen atoms in total. The van der Waals surface area contributed by atoms with Gasteiger partial charge in [-0.3, -0.25) is 0 Å². The molecule has 0 aliphatic heterocycles. The fourth-order valence-corrected chi connectivity index (χ4v) is 11.0. The van der Waals surface area contributed by atoms with Crippen molar-refractivity contribution in [1.29, 1.82) is 0 Å². The number of rotatable bonds is 4. The molecule has 6 heteroatoms. The molecule has 13 rings (SSSR count). The molecule has 1 aliphatic carbocycles. The lowest BCUT2D eigenvalue weighted by molar-refractivity contribution is 0.661. The summed E-state index contributed by atoms with van der Waals surface area (Å²) in [6.07, 6.45) is 0. The molecule has 0 N–H and O–H groups in total. The van der Waals surface area contributed by atoms with E-state index >= 15 is 0 Å². The molecule has 0 spiro atoms. The second-order valence-corrected chi connectivity index (χ2v) is 17.4. The van der Waals surface area contributed by atoms with E-state index in [0.717, 1.165) is 49.0 Å². The van der Waals surface area contributed by atoms with E-state index in [1.807, 2.05) is 18.2 Å². The summed E-state index contributed by atoms with van der Waals surface area (Å²) in [4.78, 5) is 15.5. The maximum atomic E-state index is 6.80. The average molecular weight is 787 g/mol. The fraction of sp³-hybridized carbons (Fsp3) is 0.0556. The first-order valence-electron chi connectivity index (χ1n) is 20.4. The summed E-state index contributed by atoms with van der Waals surface area (Å²) in [6, 6.07) is 60.5. The Hall–Kier alpha value is -7.41. The van der Waals surface area contributed by atoms with Gasteiger partial charge in [-0.1, -0.05) is 129 Å². The number of hydrogen-bond acceptors (Lipinski definition) is 5. The third kappa shape index (κ3) is 4.71. The van der Waals surface area contributed by atoms with Crippen LogP contribution in [0.25, 0.3) is 115 Å². The maximum absolute atomic E-state index is 6.80. The van der Waals surface area contributed by atoms with Gasteiger partial charge in [0, 0.05) is 63.9 Å². The molecular weight excluding hydrogens is 753 g/mol. The quantitative estimate of drug-likeness (QED) is 0.178. The molecular formula is C54H34N4OS. The van der Waals surface area contributed by atoms with Gasteiger partial charge in [0.25, 0.3) is 0 Å². The number of furan rings is 1. The van der Waals surface area contributed by atoms with E-state index in [2.05, 4.69) is 170 Å². The molecule has 0 saturated carbocycles. The SMILES string of the molecule is CC1(C)c2ccccc2-c2cc3c4ccccc4n(-c4ccc5oc6c(-c7nc(-c8ccccc8)nc(-c8cccc9c8sc8ccccc89)n7)cccc6c5c4)c3cc21. The molecule has 8 aromatic carbocycles. The van der Waals surface area contributed by atoms with E-state index in [1.54, 1.807) is 11.3 Å². The average Bonchev–Trinajstić information content (AvgIpc) is 4.02. The number of thiophene rings is 1. The molecule has 4 heterocycles. The zero-order valence-electron chi connectivity index (χ0n) is 32.8. The van der Waals surface area contributed by atoms with Gasteiger partial charge in [-0.05, 0) is 76.9 Å². The van der Waals surface area contributed by atoms with Crippen molar-refractivity contribution in [2.45, 2.75) is 19.3 Å². The third-order valence-corrected chi connectivity index (χ3v) is 13.9. The van der Waals surface area contributed by atoms with Gasteiger partial charge in [-0.25, -0.2) is 15.0 Å². The van der Waals surface area contributed by atoms with E-state index in [0.29, 0.717) is 17.5 Å². The minimum absolute atomic E-state index is 0.109. The lowest BCUT2D eigenvalue weighted by atomic mass is 9.82. The Morgan fingerprint density at radius 1 is 0.467 bits per heavy atom. The van der Waals surface area contributed by atoms with Gasteiger partial charge in [-0.2, -0.15) is 0 Å². The first kappa shape index (κ1) is 33.6. The van der Waals surface area contributed by atoms with Gasteiger partial charge in [0.1, 0.15) is 11.2 Å². The third-order valence-electron chi connectivity index (χ3n) is 12.7. The molecule has 0 radical (unpaired) electrons. The first-order valence-corrected chi connectivity index (χ1v) is 21.2. The highest BCUT2D eigenvalue weighted by molar-refractivity contribution is 7.26. The molecule has 1 aliphatic rings. The normalized spacial score (nSPS) is 13.3. The largest absolute Gasteiger partial charge is 0.455 e. The molecule has 60 heavy (non-hydrogen) atoms. The minimum atomic E-state index is -0.109. The minimum Gasteiger partial charge on any atom is -0.455 e. The van der Waals surface area contributed by atoms with Crippen LogP contribution in [0.4, 0.5) is 0 Å². The summed E-state index contributed by atoms with van der Waals surface area (Å²) in [5.41, 5.74) is 13.0. The first-order chi connectivity index (χ1) is 29.5. The summed E-state index contributed by atoms with van der Waals surface area (Å²) < 4.78 is 11.6. The highest BCUT2D eigenvalue weighted by Crippen LogP contribution is 2.51. The van der Waals surface area contributed by atoms with Gasteiger partial charge in [0.15, 0.2) is 17.5 Å². The van der Waals surface area contributed by atoms with Gasteiger partial charge in [0.05, 0.1) is 16.6 Å². The van der Waals surface area contributed by atoms with Crippen LogP contribution in [-0.2, 0) is 5.41 Å². The Bertz CT molecular complexity index is 3760. The summed E-state index contributed by atoms with van der Waals surface area (Å²) in [6.45, 7) is 4.70. The van der Waals surface area contributed by atoms with Crippen LogP contribution in [0.1, 0.15) is 25.0 Å². The summed E-state index contributed by atoms with van der Waals surface area (Å²) in [7, 11) is 0. The molecule has 4 aromatic heterocycles. The Kier molecular flexibility index (Phi) is 6.88. The zero-order valence-corrected chi connectivity index (χ0v) is 33.6. The van der Waals surface area contributed by atoms with Gasteiger partial charge in [-0.15, -0.1) is 11.3 Å². The smallest absolute Gasteiger partial charge is 0.167 e. The van der Waals surface area contributed by atoms with Crippen molar-refractivity contribution in [3.8, 4) is 51.0 Å². The van der Waals surface area contributed by atoms with E-state index < -0.39 is 0 Å². The summed E-state index contributed by atoms with van der Waals surface area (Å²) in [5, 5.41) is 6.98. The molecule has 0 unspecified atom stereocenters. The fourth-order valence-electron chi connectivity index (χ4n) is 9.80. The van der Waals surface area contributed by atoms with E-state index in [-0.39, 0.29) is 5.41 Å². The van der Waals surface area contributed by atoms with Crippen molar-refractivity contribution in [2.24, 2.45) is 0 Å². The lowest BCUT2D eigenvalue weighted by Gasteiger charge is -2.21. The highest BCUT2D eigenvalue weighted by Gasteiger charge is 2.36. The van der Waals surface area contributed by atoms with Crippen molar-refractivity contribution >= 4 is 75.3 Å². The number of fused-ring (bicyclic) bond motifs is 12. The van der Waals surface area contributed by atoms with Crippen molar-refractivity contribution in [1.82, 2.24) is 19.5 Å². The van der Waals surface area contributed by atoms with E-state index in [9.17, 15) is 0 Å². The van der Waals surface area contributed by atoms with Crippen LogP contribution in [-0.4, -0.2) is 19.5 Å². The monoisotopic (exact) mass is 786 g/mol. The van der Waals surface area contributed by atoms with Crippen molar-refractivity contribution in [3.05, 3.63) is 181 Å². The molecule has 0 bridgehead atoms. The van der Waals surface area contributed by atoms with Crippen LogP contribution in [0.15, 0.2) is 174 Å². The van der Waals surface area contributed by atoms with Crippen LogP contribution in [0.2, 0.25) is 0 Å². The van der Waals surface area contributed by atoms with Crippen LogP contribution >= 0.6 is 11.3 Å². The Balaban J connectivity index is 1.01. The molecule has 0 atom stereocenters. The molecule has 0 saturated heterocycles. The number of para-hydroxylation sites is 2. The second-order valence-electron chi connectivity index (χ2n) is 16.4. The van der Waals surface area contributed by atoms with Crippen LogP contribution in [0.5, 0.6) is 0 Å². The lowest BCUT2D eigenvalue weighted by Crippen LogP contribution is -2.14. The standard InChI is InChI=1S/C54H34N4OS/c1-54(2)43-23-9-6-16-33(43)40-29-41-34-17-7-10-24-45(34)58(46(41)30-44(40)54)32-26-27-47-42(28-32)36-19-12-21-38(49(36)59-47)52-55-51(31-14-4-3-5-15-31)56-53(57-52)39-22-13-20-37-35-18-8-11-25-48(35)60-50(37)39/h3-30H,1-2H3.